The molecule has 3 rings (SSSR count). The molecule has 9 heteroatoms. The highest BCUT2D eigenvalue weighted by molar-refractivity contribution is 7.89. The Hall–Kier alpha value is -2.45. The molecule has 3 aromatic carbocycles. The molecule has 0 heterocycles. The molecular formula is C22H19Cl2FN2O3S. The largest absolute Gasteiger partial charge is 0.325 e. The SMILES string of the molecule is Cc1cc(Cl)ccc1NC(=O)CN(Cc1ccc(F)cc1)S(=O)(=O)c1ccc(Cl)cc1. The smallest absolute Gasteiger partial charge is 0.243 e. The average molecular weight is 481 g/mol. The molecule has 3 aromatic rings. The number of rotatable bonds is 7. The van der Waals surface area contributed by atoms with E-state index in [1.165, 1.54) is 48.5 Å². The number of benzene rings is 3. The molecular weight excluding hydrogens is 462 g/mol. The van der Waals surface area contributed by atoms with E-state index >= 15 is 0 Å². The second kappa shape index (κ2) is 9.78. The highest BCUT2D eigenvalue weighted by Gasteiger charge is 2.27. The van der Waals surface area contributed by atoms with E-state index in [-0.39, 0.29) is 11.4 Å². The van der Waals surface area contributed by atoms with Crippen LogP contribution in [0, 0.1) is 12.7 Å². The van der Waals surface area contributed by atoms with Crippen LogP contribution in [0.15, 0.2) is 71.6 Å². The fourth-order valence-corrected chi connectivity index (χ4v) is 4.63. The lowest BCUT2D eigenvalue weighted by Crippen LogP contribution is -2.37. The predicted molar refractivity (Wildman–Crippen MR) is 120 cm³/mol. The van der Waals surface area contributed by atoms with E-state index in [0.29, 0.717) is 21.3 Å². The van der Waals surface area contributed by atoms with Crippen LogP contribution < -0.4 is 5.32 Å². The molecule has 0 aliphatic heterocycles. The van der Waals surface area contributed by atoms with Crippen LogP contribution in [0.3, 0.4) is 0 Å². The molecule has 1 N–H and O–H groups in total. The van der Waals surface area contributed by atoms with Crippen molar-refractivity contribution in [2.45, 2.75) is 18.4 Å². The first-order valence-electron chi connectivity index (χ1n) is 9.21. The van der Waals surface area contributed by atoms with Crippen molar-refractivity contribution in [2.24, 2.45) is 0 Å². The molecule has 0 aliphatic rings. The predicted octanol–water partition coefficient (Wildman–Crippen LogP) is 5.27. The Morgan fingerprint density at radius 3 is 2.19 bits per heavy atom. The highest BCUT2D eigenvalue weighted by atomic mass is 35.5. The Kier molecular flexibility index (Phi) is 7.33. The van der Waals surface area contributed by atoms with Gasteiger partial charge in [-0.1, -0.05) is 35.3 Å². The summed E-state index contributed by atoms with van der Waals surface area (Å²) in [5.74, 6) is -0.961. The van der Waals surface area contributed by atoms with Crippen molar-refractivity contribution >= 4 is 44.8 Å². The summed E-state index contributed by atoms with van der Waals surface area (Å²) in [4.78, 5) is 12.7. The monoisotopic (exact) mass is 480 g/mol. The van der Waals surface area contributed by atoms with Crippen LogP contribution in [0.5, 0.6) is 0 Å². The molecule has 0 bridgehead atoms. The van der Waals surface area contributed by atoms with Crippen molar-refractivity contribution < 1.29 is 17.6 Å². The van der Waals surface area contributed by atoms with Crippen LogP contribution in [0.4, 0.5) is 10.1 Å². The number of hydrogen-bond acceptors (Lipinski definition) is 3. The highest BCUT2D eigenvalue weighted by Crippen LogP contribution is 2.22. The number of hydrogen-bond donors (Lipinski definition) is 1. The lowest BCUT2D eigenvalue weighted by atomic mass is 10.2. The molecule has 0 atom stereocenters. The fourth-order valence-electron chi connectivity index (χ4n) is 2.89. The average Bonchev–Trinajstić information content (AvgIpc) is 2.71. The van der Waals surface area contributed by atoms with Gasteiger partial charge in [-0.15, -0.1) is 0 Å². The van der Waals surface area contributed by atoms with Gasteiger partial charge >= 0.3 is 0 Å². The van der Waals surface area contributed by atoms with Gasteiger partial charge in [-0.3, -0.25) is 4.79 Å². The van der Waals surface area contributed by atoms with Crippen molar-refractivity contribution in [3.8, 4) is 0 Å². The summed E-state index contributed by atoms with van der Waals surface area (Å²) in [6, 6.07) is 16.0. The number of sulfonamides is 1. The van der Waals surface area contributed by atoms with Crippen LogP contribution >= 0.6 is 23.2 Å². The third kappa shape index (κ3) is 6.04. The standard InChI is InChI=1S/C22H19Cl2FN2O3S/c1-15-12-18(24)6-11-21(15)26-22(28)14-27(13-16-2-7-19(25)8-3-16)31(29,30)20-9-4-17(23)5-10-20/h2-12H,13-14H2,1H3,(H,26,28). The van der Waals surface area contributed by atoms with Gasteiger partial charge in [0.2, 0.25) is 15.9 Å². The second-order valence-electron chi connectivity index (χ2n) is 6.86. The fraction of sp³-hybridized carbons (Fsp3) is 0.136. The third-order valence-electron chi connectivity index (χ3n) is 4.51. The van der Waals surface area contributed by atoms with Gasteiger partial charge in [-0.25, -0.2) is 12.8 Å². The molecule has 1 amide bonds. The van der Waals surface area contributed by atoms with Crippen LogP contribution in [0.1, 0.15) is 11.1 Å². The summed E-state index contributed by atoms with van der Waals surface area (Å²) in [6.45, 7) is 1.23. The number of carbonyl (C=O) groups excluding carboxylic acids is 1. The maximum Gasteiger partial charge on any atom is 0.243 e. The maximum atomic E-state index is 13.3. The zero-order valence-corrected chi connectivity index (χ0v) is 18.8. The van der Waals surface area contributed by atoms with Gasteiger partial charge in [0, 0.05) is 22.3 Å². The molecule has 0 saturated heterocycles. The summed E-state index contributed by atoms with van der Waals surface area (Å²) in [5.41, 5.74) is 1.81. The molecule has 162 valence electrons. The molecule has 0 fully saturated rings. The summed E-state index contributed by atoms with van der Waals surface area (Å²) >= 11 is 11.8. The zero-order valence-electron chi connectivity index (χ0n) is 16.5. The van der Waals surface area contributed by atoms with Crippen molar-refractivity contribution in [1.29, 1.82) is 0 Å². The number of anilines is 1. The quantitative estimate of drug-likeness (QED) is 0.500. The van der Waals surface area contributed by atoms with E-state index in [2.05, 4.69) is 5.32 Å². The number of carbonyl (C=O) groups is 1. The van der Waals surface area contributed by atoms with Gasteiger partial charge in [-0.2, -0.15) is 4.31 Å². The van der Waals surface area contributed by atoms with E-state index in [0.717, 1.165) is 9.87 Å². The van der Waals surface area contributed by atoms with Gasteiger partial charge in [-0.05, 0) is 72.6 Å². The van der Waals surface area contributed by atoms with E-state index in [1.54, 1.807) is 25.1 Å². The summed E-state index contributed by atoms with van der Waals surface area (Å²) < 4.78 is 40.7. The van der Waals surface area contributed by atoms with Gasteiger partial charge in [0.05, 0.1) is 11.4 Å². The number of nitrogens with zero attached hydrogens (tertiary/aromatic N) is 1. The van der Waals surface area contributed by atoms with Gasteiger partial charge in [0.15, 0.2) is 0 Å². The lowest BCUT2D eigenvalue weighted by Gasteiger charge is -2.22. The van der Waals surface area contributed by atoms with Crippen LogP contribution in [0.25, 0.3) is 0 Å². The first-order chi connectivity index (χ1) is 14.6. The Morgan fingerprint density at radius 2 is 1.58 bits per heavy atom. The molecule has 0 unspecified atom stereocenters. The summed E-state index contributed by atoms with van der Waals surface area (Å²) in [7, 11) is -4.03. The Labute approximate surface area is 190 Å². The maximum absolute atomic E-state index is 13.3. The minimum atomic E-state index is -4.03. The molecule has 0 radical (unpaired) electrons. The Bertz CT molecular complexity index is 1180. The van der Waals surface area contributed by atoms with E-state index in [9.17, 15) is 17.6 Å². The zero-order chi connectivity index (χ0) is 22.6. The molecule has 5 nitrogen and oxygen atoms in total. The lowest BCUT2D eigenvalue weighted by molar-refractivity contribution is -0.116. The second-order valence-corrected chi connectivity index (χ2v) is 9.67. The van der Waals surface area contributed by atoms with E-state index in [1.807, 2.05) is 0 Å². The van der Waals surface area contributed by atoms with Crippen LogP contribution in [0.2, 0.25) is 10.0 Å². The Balaban J connectivity index is 1.88. The number of halogens is 3. The minimum Gasteiger partial charge on any atom is -0.325 e. The van der Waals surface area contributed by atoms with Crippen molar-refractivity contribution in [2.75, 3.05) is 11.9 Å². The molecule has 0 aromatic heterocycles. The third-order valence-corrected chi connectivity index (χ3v) is 6.80. The van der Waals surface area contributed by atoms with Crippen molar-refractivity contribution in [3.05, 3.63) is 93.7 Å². The first-order valence-corrected chi connectivity index (χ1v) is 11.4. The number of amides is 1. The topological polar surface area (TPSA) is 66.5 Å². The normalized spacial score (nSPS) is 11.5. The van der Waals surface area contributed by atoms with Crippen molar-refractivity contribution in [1.82, 2.24) is 4.31 Å². The van der Waals surface area contributed by atoms with Crippen LogP contribution in [-0.2, 0) is 21.4 Å². The van der Waals surface area contributed by atoms with Gasteiger partial charge in [0.25, 0.3) is 0 Å². The van der Waals surface area contributed by atoms with E-state index in [4.69, 9.17) is 23.2 Å². The van der Waals surface area contributed by atoms with Crippen LogP contribution in [-0.4, -0.2) is 25.2 Å². The molecule has 31 heavy (non-hydrogen) atoms. The Morgan fingerprint density at radius 1 is 0.968 bits per heavy atom. The van der Waals surface area contributed by atoms with E-state index < -0.39 is 28.3 Å². The van der Waals surface area contributed by atoms with Gasteiger partial charge < -0.3 is 5.32 Å². The first kappa shape index (κ1) is 23.2. The summed E-state index contributed by atoms with van der Waals surface area (Å²) in [6.07, 6.45) is 0. The molecule has 0 aliphatic carbocycles. The number of aryl methyl sites for hydroxylation is 1. The van der Waals surface area contributed by atoms with Gasteiger partial charge in [0.1, 0.15) is 5.82 Å². The minimum absolute atomic E-state index is 0.00511. The molecule has 0 spiro atoms. The molecule has 0 saturated carbocycles. The van der Waals surface area contributed by atoms with Crippen molar-refractivity contribution in [3.63, 3.8) is 0 Å². The number of nitrogens with one attached hydrogen (secondary N) is 1. The summed E-state index contributed by atoms with van der Waals surface area (Å²) in [5, 5.41) is 3.63.